The molecular weight excluding hydrogens is 212 g/mol. The largest absolute Gasteiger partial charge is 0.320 e. The summed E-state index contributed by atoms with van der Waals surface area (Å²) in [5, 5.41) is 3.17. The maximum absolute atomic E-state index is 4.58. The minimum absolute atomic E-state index is 0.804. The number of rotatable bonds is 6. The van der Waals surface area contributed by atoms with Crippen LogP contribution in [0.2, 0.25) is 0 Å². The Bertz CT molecular complexity index is 337. The van der Waals surface area contributed by atoms with Crippen LogP contribution < -0.4 is 5.32 Å². The summed E-state index contributed by atoms with van der Waals surface area (Å²) in [4.78, 5) is 11.3. The standard InChI is InChI=1S/C13H24N4/c1-10-12(7-6-8-14-3)11(2)16-13(15-10)9-17(4)5/h14H,6-9H2,1-5H3. The summed E-state index contributed by atoms with van der Waals surface area (Å²) in [6, 6.07) is 0. The van der Waals surface area contributed by atoms with Crippen molar-refractivity contribution < 1.29 is 0 Å². The monoisotopic (exact) mass is 236 g/mol. The van der Waals surface area contributed by atoms with E-state index in [1.807, 2.05) is 21.1 Å². The normalized spacial score (nSPS) is 11.2. The third kappa shape index (κ3) is 4.40. The lowest BCUT2D eigenvalue weighted by Crippen LogP contribution is -2.16. The van der Waals surface area contributed by atoms with Crippen molar-refractivity contribution in [3.8, 4) is 0 Å². The highest BCUT2D eigenvalue weighted by atomic mass is 15.1. The maximum Gasteiger partial charge on any atom is 0.142 e. The molecule has 0 spiro atoms. The van der Waals surface area contributed by atoms with Gasteiger partial charge < -0.3 is 10.2 Å². The highest BCUT2D eigenvalue weighted by molar-refractivity contribution is 5.24. The third-order valence-corrected chi connectivity index (χ3v) is 2.78. The predicted molar refractivity (Wildman–Crippen MR) is 71.1 cm³/mol. The van der Waals surface area contributed by atoms with Crippen LogP contribution in [0.3, 0.4) is 0 Å². The highest BCUT2D eigenvalue weighted by Crippen LogP contribution is 2.12. The van der Waals surface area contributed by atoms with Crippen molar-refractivity contribution in [3.05, 3.63) is 22.8 Å². The molecule has 0 bridgehead atoms. The molecule has 1 aromatic heterocycles. The minimum atomic E-state index is 0.804. The Balaban J connectivity index is 2.79. The number of nitrogens with one attached hydrogen (secondary N) is 1. The molecule has 1 aromatic rings. The number of aryl methyl sites for hydroxylation is 2. The van der Waals surface area contributed by atoms with E-state index < -0.39 is 0 Å². The molecule has 0 aliphatic heterocycles. The SMILES string of the molecule is CNCCCc1c(C)nc(CN(C)C)nc1C. The Labute approximate surface area is 104 Å². The summed E-state index contributed by atoms with van der Waals surface area (Å²) in [5.41, 5.74) is 3.57. The van der Waals surface area contributed by atoms with Crippen LogP contribution in [0, 0.1) is 13.8 Å². The lowest BCUT2D eigenvalue weighted by Gasteiger charge is -2.13. The average molecular weight is 236 g/mol. The van der Waals surface area contributed by atoms with E-state index in [1.54, 1.807) is 0 Å². The third-order valence-electron chi connectivity index (χ3n) is 2.78. The van der Waals surface area contributed by atoms with Crippen molar-refractivity contribution in [2.75, 3.05) is 27.7 Å². The van der Waals surface area contributed by atoms with Crippen LogP contribution in [0.5, 0.6) is 0 Å². The van der Waals surface area contributed by atoms with E-state index in [4.69, 9.17) is 0 Å². The fourth-order valence-electron chi connectivity index (χ4n) is 1.97. The predicted octanol–water partition coefficient (Wildman–Crippen LogP) is 1.31. The zero-order valence-corrected chi connectivity index (χ0v) is 11.7. The van der Waals surface area contributed by atoms with Gasteiger partial charge in [0.1, 0.15) is 5.82 Å². The molecule has 0 atom stereocenters. The average Bonchev–Trinajstić information content (AvgIpc) is 2.21. The maximum atomic E-state index is 4.58. The quantitative estimate of drug-likeness (QED) is 0.756. The van der Waals surface area contributed by atoms with Crippen LogP contribution in [0.25, 0.3) is 0 Å². The molecule has 1 heterocycles. The van der Waals surface area contributed by atoms with Crippen LogP contribution in [0.1, 0.15) is 29.2 Å². The molecule has 0 radical (unpaired) electrons. The van der Waals surface area contributed by atoms with E-state index in [9.17, 15) is 0 Å². The fraction of sp³-hybridized carbons (Fsp3) is 0.692. The molecule has 1 rings (SSSR count). The Morgan fingerprint density at radius 1 is 1.12 bits per heavy atom. The van der Waals surface area contributed by atoms with Gasteiger partial charge in [0.2, 0.25) is 0 Å². The summed E-state index contributed by atoms with van der Waals surface area (Å²) >= 11 is 0. The molecule has 0 unspecified atom stereocenters. The van der Waals surface area contributed by atoms with Gasteiger partial charge in [-0.15, -0.1) is 0 Å². The van der Waals surface area contributed by atoms with Gasteiger partial charge in [0, 0.05) is 11.4 Å². The van der Waals surface area contributed by atoms with Crippen molar-refractivity contribution in [1.29, 1.82) is 0 Å². The van der Waals surface area contributed by atoms with Crippen LogP contribution in [0.15, 0.2) is 0 Å². The molecule has 1 N–H and O–H groups in total. The van der Waals surface area contributed by atoms with Crippen LogP contribution in [0.4, 0.5) is 0 Å². The Kier molecular flexibility index (Phi) is 5.51. The molecule has 0 amide bonds. The molecule has 4 nitrogen and oxygen atoms in total. The summed E-state index contributed by atoms with van der Waals surface area (Å²) in [6.45, 7) is 6.02. The first kappa shape index (κ1) is 14.1. The molecule has 17 heavy (non-hydrogen) atoms. The van der Waals surface area contributed by atoms with Gasteiger partial charge in [0.05, 0.1) is 6.54 Å². The van der Waals surface area contributed by atoms with Crippen molar-refractivity contribution in [1.82, 2.24) is 20.2 Å². The molecule has 0 saturated carbocycles. The smallest absolute Gasteiger partial charge is 0.142 e. The van der Waals surface area contributed by atoms with Crippen molar-refractivity contribution in [2.45, 2.75) is 33.2 Å². The fourth-order valence-corrected chi connectivity index (χ4v) is 1.97. The van der Waals surface area contributed by atoms with Gasteiger partial charge in [-0.05, 0) is 59.9 Å². The van der Waals surface area contributed by atoms with Gasteiger partial charge in [-0.2, -0.15) is 0 Å². The Morgan fingerprint density at radius 2 is 1.71 bits per heavy atom. The summed E-state index contributed by atoms with van der Waals surface area (Å²) in [6.07, 6.45) is 2.19. The summed E-state index contributed by atoms with van der Waals surface area (Å²) < 4.78 is 0. The second-order valence-corrected chi connectivity index (χ2v) is 4.73. The summed E-state index contributed by atoms with van der Waals surface area (Å²) in [5.74, 6) is 0.919. The number of aromatic nitrogens is 2. The van der Waals surface area contributed by atoms with Crippen molar-refractivity contribution in [2.24, 2.45) is 0 Å². The van der Waals surface area contributed by atoms with Gasteiger partial charge in [-0.25, -0.2) is 9.97 Å². The molecule has 0 fully saturated rings. The minimum Gasteiger partial charge on any atom is -0.320 e. The lowest BCUT2D eigenvalue weighted by molar-refractivity contribution is 0.389. The Morgan fingerprint density at radius 3 is 2.18 bits per heavy atom. The van der Waals surface area contributed by atoms with E-state index in [-0.39, 0.29) is 0 Å². The van der Waals surface area contributed by atoms with Gasteiger partial charge >= 0.3 is 0 Å². The van der Waals surface area contributed by atoms with Crippen molar-refractivity contribution >= 4 is 0 Å². The molecule has 4 heteroatoms. The van der Waals surface area contributed by atoms with E-state index in [1.165, 1.54) is 5.56 Å². The van der Waals surface area contributed by atoms with Gasteiger partial charge in [-0.1, -0.05) is 0 Å². The number of hydrogen-bond donors (Lipinski definition) is 1. The number of nitrogens with zero attached hydrogens (tertiary/aromatic N) is 3. The molecule has 0 aliphatic carbocycles. The highest BCUT2D eigenvalue weighted by Gasteiger charge is 2.08. The van der Waals surface area contributed by atoms with E-state index in [2.05, 4.69) is 34.0 Å². The first-order valence-electron chi connectivity index (χ1n) is 6.17. The zero-order chi connectivity index (χ0) is 12.8. The first-order valence-corrected chi connectivity index (χ1v) is 6.17. The van der Waals surface area contributed by atoms with E-state index in [0.717, 1.165) is 43.1 Å². The molecule has 0 aliphatic rings. The van der Waals surface area contributed by atoms with Gasteiger partial charge in [0.15, 0.2) is 0 Å². The topological polar surface area (TPSA) is 41.1 Å². The molecule has 0 saturated heterocycles. The molecular formula is C13H24N4. The first-order chi connectivity index (χ1) is 8.04. The molecule has 96 valence electrons. The second kappa shape index (κ2) is 6.67. The van der Waals surface area contributed by atoms with Crippen LogP contribution in [-0.4, -0.2) is 42.6 Å². The van der Waals surface area contributed by atoms with Gasteiger partial charge in [-0.3, -0.25) is 0 Å². The van der Waals surface area contributed by atoms with Crippen molar-refractivity contribution in [3.63, 3.8) is 0 Å². The zero-order valence-electron chi connectivity index (χ0n) is 11.7. The lowest BCUT2D eigenvalue weighted by atomic mass is 10.1. The van der Waals surface area contributed by atoms with E-state index >= 15 is 0 Å². The van der Waals surface area contributed by atoms with Crippen LogP contribution in [-0.2, 0) is 13.0 Å². The van der Waals surface area contributed by atoms with Crippen LogP contribution >= 0.6 is 0 Å². The molecule has 0 aromatic carbocycles. The second-order valence-electron chi connectivity index (χ2n) is 4.73. The Hall–Kier alpha value is -1.00. The van der Waals surface area contributed by atoms with E-state index in [0.29, 0.717) is 0 Å². The van der Waals surface area contributed by atoms with Gasteiger partial charge in [0.25, 0.3) is 0 Å². The number of hydrogen-bond acceptors (Lipinski definition) is 4. The summed E-state index contributed by atoms with van der Waals surface area (Å²) in [7, 11) is 6.06.